The van der Waals surface area contributed by atoms with Gasteiger partial charge in [0.05, 0.1) is 0 Å². The van der Waals surface area contributed by atoms with E-state index < -0.39 is 0 Å². The van der Waals surface area contributed by atoms with Crippen molar-refractivity contribution in [1.82, 2.24) is 0 Å². The topological polar surface area (TPSA) is 34.1 Å². The van der Waals surface area contributed by atoms with Crippen LogP contribution in [0.2, 0.25) is 0 Å². The highest BCUT2D eigenvalue weighted by Gasteiger charge is 2.66. The van der Waals surface area contributed by atoms with E-state index in [1.165, 1.54) is 0 Å². The lowest BCUT2D eigenvalue weighted by Crippen LogP contribution is -2.53. The van der Waals surface area contributed by atoms with Crippen LogP contribution in [0.4, 0.5) is 0 Å². The van der Waals surface area contributed by atoms with Crippen molar-refractivity contribution in [2.45, 2.75) is 39.5 Å². The Morgan fingerprint density at radius 1 is 1.29 bits per heavy atom. The molecule has 76 valence electrons. The molecule has 0 amide bonds. The third-order valence-electron chi connectivity index (χ3n) is 5.00. The summed E-state index contributed by atoms with van der Waals surface area (Å²) in [6.07, 6.45) is 3.46. The van der Waals surface area contributed by atoms with Crippen molar-refractivity contribution in [3.05, 3.63) is 0 Å². The van der Waals surface area contributed by atoms with Crippen molar-refractivity contribution >= 4 is 11.6 Å². The minimum Gasteiger partial charge on any atom is -0.299 e. The summed E-state index contributed by atoms with van der Waals surface area (Å²) in [5.74, 6) is 1.33. The smallest absolute Gasteiger partial charge is 0.145 e. The largest absolute Gasteiger partial charge is 0.299 e. The summed E-state index contributed by atoms with van der Waals surface area (Å²) >= 11 is 0. The van der Waals surface area contributed by atoms with Gasteiger partial charge in [0, 0.05) is 23.2 Å². The highest BCUT2D eigenvalue weighted by atomic mass is 16.1. The fourth-order valence-electron chi connectivity index (χ4n) is 4.27. The molecule has 2 heteroatoms. The Hall–Kier alpha value is -0.660. The second-order valence-corrected chi connectivity index (χ2v) is 5.91. The van der Waals surface area contributed by atoms with Crippen LogP contribution >= 0.6 is 0 Å². The number of rotatable bonds is 0. The molecule has 0 radical (unpaired) electrons. The minimum atomic E-state index is -0.285. The molecule has 4 rings (SSSR count). The summed E-state index contributed by atoms with van der Waals surface area (Å²) < 4.78 is 0. The molecule has 4 bridgehead atoms. The molecule has 2 nitrogen and oxygen atoms in total. The average molecular weight is 192 g/mol. The van der Waals surface area contributed by atoms with Gasteiger partial charge < -0.3 is 0 Å². The van der Waals surface area contributed by atoms with Gasteiger partial charge in [-0.15, -0.1) is 0 Å². The Morgan fingerprint density at radius 3 is 2.71 bits per heavy atom. The highest BCUT2D eigenvalue weighted by molar-refractivity contribution is 6.01. The molecule has 0 saturated heterocycles. The van der Waals surface area contributed by atoms with Gasteiger partial charge in [0.15, 0.2) is 0 Å². The van der Waals surface area contributed by atoms with Crippen LogP contribution in [0.15, 0.2) is 0 Å². The van der Waals surface area contributed by atoms with Crippen LogP contribution < -0.4 is 0 Å². The third kappa shape index (κ3) is 0.709. The van der Waals surface area contributed by atoms with E-state index in [4.69, 9.17) is 0 Å². The lowest BCUT2D eigenvalue weighted by molar-refractivity contribution is -0.153. The fraction of sp³-hybridized carbons (Fsp3) is 0.833. The number of hydrogen-bond acceptors (Lipinski definition) is 2. The molecule has 0 spiro atoms. The van der Waals surface area contributed by atoms with Gasteiger partial charge in [0.2, 0.25) is 0 Å². The molecule has 4 aliphatic rings. The first-order valence-electron chi connectivity index (χ1n) is 5.55. The lowest BCUT2D eigenvalue weighted by atomic mass is 9.50. The number of ketones is 2. The number of Topliss-reactive ketones (excluding diaryl/α,β-unsaturated/α-hetero) is 2. The van der Waals surface area contributed by atoms with E-state index >= 15 is 0 Å². The van der Waals surface area contributed by atoms with E-state index in [0.29, 0.717) is 23.9 Å². The number of hydrogen-bond donors (Lipinski definition) is 0. The van der Waals surface area contributed by atoms with Gasteiger partial charge in [0.1, 0.15) is 11.6 Å². The zero-order valence-electron chi connectivity index (χ0n) is 8.80. The van der Waals surface area contributed by atoms with Gasteiger partial charge in [-0.2, -0.15) is 0 Å². The van der Waals surface area contributed by atoms with Crippen molar-refractivity contribution in [2.75, 3.05) is 0 Å². The Kier molecular flexibility index (Phi) is 1.31. The molecule has 0 heterocycles. The predicted octanol–water partition coefficient (Wildman–Crippen LogP) is 1.97. The maximum atomic E-state index is 12.3. The van der Waals surface area contributed by atoms with E-state index in [1.54, 1.807) is 0 Å². The zero-order chi connectivity index (χ0) is 10.1. The summed E-state index contributed by atoms with van der Waals surface area (Å²) in [5.41, 5.74) is -0.451. The van der Waals surface area contributed by atoms with E-state index in [-0.39, 0.29) is 16.7 Å². The summed E-state index contributed by atoms with van der Waals surface area (Å²) in [5, 5.41) is 0. The van der Waals surface area contributed by atoms with E-state index in [0.717, 1.165) is 19.3 Å². The number of carbonyl (C=O) groups is 2. The molecule has 4 aliphatic carbocycles. The number of carbonyl (C=O) groups excluding carboxylic acids is 2. The standard InChI is InChI=1S/C12H16O2/c1-11-4-3-8-7(5-11)9(13)6-12(8,2)10(11)14/h7-8H,3-6H2,1-2H3/t7-,8+,11-,12-/m1/s1. The maximum absolute atomic E-state index is 12.3. The van der Waals surface area contributed by atoms with Crippen molar-refractivity contribution < 1.29 is 9.59 Å². The molecule has 0 aromatic rings. The van der Waals surface area contributed by atoms with Crippen LogP contribution in [0, 0.1) is 22.7 Å². The van der Waals surface area contributed by atoms with Crippen LogP contribution in [0.5, 0.6) is 0 Å². The molecule has 0 aliphatic heterocycles. The second-order valence-electron chi connectivity index (χ2n) is 5.91. The molecular formula is C12H16O2. The van der Waals surface area contributed by atoms with Crippen LogP contribution in [0.1, 0.15) is 39.5 Å². The molecule has 0 aromatic heterocycles. The van der Waals surface area contributed by atoms with Crippen LogP contribution in [-0.4, -0.2) is 11.6 Å². The third-order valence-corrected chi connectivity index (χ3v) is 5.00. The van der Waals surface area contributed by atoms with Gasteiger partial charge in [-0.25, -0.2) is 0 Å². The normalized spacial score (nSPS) is 55.6. The van der Waals surface area contributed by atoms with Gasteiger partial charge in [-0.3, -0.25) is 9.59 Å². The van der Waals surface area contributed by atoms with E-state index in [2.05, 4.69) is 6.92 Å². The average Bonchev–Trinajstić information content (AvgIpc) is 2.34. The van der Waals surface area contributed by atoms with Gasteiger partial charge in [-0.1, -0.05) is 13.8 Å². The summed E-state index contributed by atoms with van der Waals surface area (Å²) in [4.78, 5) is 24.1. The molecule has 0 aromatic carbocycles. The Bertz CT molecular complexity index is 346. The first-order valence-corrected chi connectivity index (χ1v) is 5.55. The van der Waals surface area contributed by atoms with Gasteiger partial charge in [-0.05, 0) is 25.2 Å². The van der Waals surface area contributed by atoms with Crippen molar-refractivity contribution in [3.63, 3.8) is 0 Å². The molecular weight excluding hydrogens is 176 g/mol. The van der Waals surface area contributed by atoms with Crippen molar-refractivity contribution in [3.8, 4) is 0 Å². The van der Waals surface area contributed by atoms with Crippen LogP contribution in [0.25, 0.3) is 0 Å². The summed E-state index contributed by atoms with van der Waals surface area (Å²) in [6, 6.07) is 0. The predicted molar refractivity (Wildman–Crippen MR) is 51.7 cm³/mol. The first-order chi connectivity index (χ1) is 6.47. The second kappa shape index (κ2) is 2.12. The Labute approximate surface area is 84.1 Å². The molecule has 4 saturated carbocycles. The Morgan fingerprint density at radius 2 is 2.00 bits per heavy atom. The van der Waals surface area contributed by atoms with Crippen LogP contribution in [-0.2, 0) is 9.59 Å². The van der Waals surface area contributed by atoms with E-state index in [1.807, 2.05) is 6.92 Å². The first kappa shape index (κ1) is 8.63. The minimum absolute atomic E-state index is 0.166. The van der Waals surface area contributed by atoms with Crippen molar-refractivity contribution in [1.29, 1.82) is 0 Å². The van der Waals surface area contributed by atoms with E-state index in [9.17, 15) is 9.59 Å². The van der Waals surface area contributed by atoms with Gasteiger partial charge >= 0.3 is 0 Å². The number of fused-ring (bicyclic) bond motifs is 1. The van der Waals surface area contributed by atoms with Gasteiger partial charge in [0.25, 0.3) is 0 Å². The highest BCUT2D eigenvalue weighted by Crippen LogP contribution is 2.64. The fourth-order valence-corrected chi connectivity index (χ4v) is 4.27. The monoisotopic (exact) mass is 192 g/mol. The molecule has 4 fully saturated rings. The molecule has 14 heavy (non-hydrogen) atoms. The van der Waals surface area contributed by atoms with Crippen molar-refractivity contribution in [2.24, 2.45) is 22.7 Å². The lowest BCUT2D eigenvalue weighted by Gasteiger charge is -2.51. The molecule has 4 atom stereocenters. The molecule has 0 N–H and O–H groups in total. The quantitative estimate of drug-likeness (QED) is 0.588. The maximum Gasteiger partial charge on any atom is 0.145 e. The van der Waals surface area contributed by atoms with Crippen LogP contribution in [0.3, 0.4) is 0 Å². The summed E-state index contributed by atoms with van der Waals surface area (Å²) in [6.45, 7) is 4.09. The zero-order valence-corrected chi connectivity index (χ0v) is 8.80. The Balaban J connectivity index is 2.17. The summed E-state index contributed by atoms with van der Waals surface area (Å²) in [7, 11) is 0. The SMILES string of the molecule is C[C@@]12CC[C@H]3[C@@H](C1)C(=O)C[C@@]3(C)C2=O. The molecule has 0 unspecified atom stereocenters.